The summed E-state index contributed by atoms with van der Waals surface area (Å²) < 4.78 is 11.6. The van der Waals surface area contributed by atoms with Crippen molar-refractivity contribution in [3.8, 4) is 23.3 Å². The maximum absolute atomic E-state index is 11.8. The summed E-state index contributed by atoms with van der Waals surface area (Å²) in [5.41, 5.74) is 0. The van der Waals surface area contributed by atoms with Gasteiger partial charge in [0.1, 0.15) is 18.1 Å². The van der Waals surface area contributed by atoms with Gasteiger partial charge in [-0.2, -0.15) is 0 Å². The average molecular weight is 391 g/mol. The van der Waals surface area contributed by atoms with Gasteiger partial charge < -0.3 is 9.47 Å². The smallest absolute Gasteiger partial charge is 0.321 e. The van der Waals surface area contributed by atoms with Crippen LogP contribution in [0.2, 0.25) is 0 Å². The predicted octanol–water partition coefficient (Wildman–Crippen LogP) is 4.55. The van der Waals surface area contributed by atoms with Crippen LogP contribution in [0, 0.1) is 11.8 Å². The highest BCUT2D eigenvalue weighted by molar-refractivity contribution is 9.10. The molecule has 0 radical (unpaired) electrons. The topological polar surface area (TPSA) is 35.5 Å². The van der Waals surface area contributed by atoms with Gasteiger partial charge in [0.15, 0.2) is 0 Å². The third kappa shape index (κ3) is 6.39. The van der Waals surface area contributed by atoms with E-state index in [9.17, 15) is 4.79 Å². The van der Waals surface area contributed by atoms with E-state index in [-0.39, 0.29) is 11.7 Å². The minimum atomic E-state index is -0.286. The van der Waals surface area contributed by atoms with Crippen LogP contribution in [0.5, 0.6) is 11.5 Å². The number of hydrogen-bond acceptors (Lipinski definition) is 4. The van der Waals surface area contributed by atoms with Crippen molar-refractivity contribution in [3.63, 3.8) is 0 Å². The molecule has 0 aliphatic heterocycles. The molecule has 118 valence electrons. The third-order valence-electron chi connectivity index (χ3n) is 2.70. The van der Waals surface area contributed by atoms with Crippen LogP contribution in [0.25, 0.3) is 0 Å². The molecular formula is C18H15BrO3S. The zero-order valence-corrected chi connectivity index (χ0v) is 14.9. The molecule has 2 aromatic rings. The molecule has 2 aromatic carbocycles. The molecular weight excluding hydrogens is 376 g/mol. The van der Waals surface area contributed by atoms with E-state index in [1.807, 2.05) is 36.4 Å². The maximum Gasteiger partial charge on any atom is 0.321 e. The van der Waals surface area contributed by atoms with E-state index in [1.165, 1.54) is 11.8 Å². The lowest BCUT2D eigenvalue weighted by molar-refractivity contribution is -0.131. The van der Waals surface area contributed by atoms with E-state index in [1.54, 1.807) is 19.1 Å². The van der Waals surface area contributed by atoms with E-state index < -0.39 is 0 Å². The number of benzene rings is 2. The SMILES string of the molecule is CC#CCOc1ccc(SCC(=O)Oc2cccc(Br)c2)cc1. The van der Waals surface area contributed by atoms with Gasteiger partial charge in [-0.15, -0.1) is 17.7 Å². The summed E-state index contributed by atoms with van der Waals surface area (Å²) in [7, 11) is 0. The summed E-state index contributed by atoms with van der Waals surface area (Å²) in [5, 5.41) is 0. The second-order valence-corrected chi connectivity index (χ2v) is 6.37. The Morgan fingerprint density at radius 1 is 1.17 bits per heavy atom. The second-order valence-electron chi connectivity index (χ2n) is 4.41. The molecule has 0 aromatic heterocycles. The fraction of sp³-hybridized carbons (Fsp3) is 0.167. The first kappa shape index (κ1) is 17.5. The predicted molar refractivity (Wildman–Crippen MR) is 95.9 cm³/mol. The standard InChI is InChI=1S/C18H15BrO3S/c1-2-3-11-21-15-7-9-17(10-8-15)23-13-18(20)22-16-6-4-5-14(19)12-16/h4-10,12H,11,13H2,1H3. The number of ether oxygens (including phenoxy) is 2. The van der Waals surface area contributed by atoms with Gasteiger partial charge in [-0.3, -0.25) is 4.79 Å². The maximum atomic E-state index is 11.8. The van der Waals surface area contributed by atoms with Crippen LogP contribution in [-0.2, 0) is 4.79 Å². The molecule has 0 spiro atoms. The Balaban J connectivity index is 1.80. The molecule has 0 unspecified atom stereocenters. The first-order valence-electron chi connectivity index (χ1n) is 6.89. The van der Waals surface area contributed by atoms with Crippen LogP contribution in [0.4, 0.5) is 0 Å². The van der Waals surface area contributed by atoms with Gasteiger partial charge >= 0.3 is 5.97 Å². The lowest BCUT2D eigenvalue weighted by Gasteiger charge is -2.06. The van der Waals surface area contributed by atoms with Crippen molar-refractivity contribution >= 4 is 33.7 Å². The van der Waals surface area contributed by atoms with Gasteiger partial charge in [0.05, 0.1) is 5.75 Å². The molecule has 0 N–H and O–H groups in total. The first-order valence-corrected chi connectivity index (χ1v) is 8.67. The van der Waals surface area contributed by atoms with E-state index in [0.29, 0.717) is 12.4 Å². The van der Waals surface area contributed by atoms with Crippen molar-refractivity contribution in [3.05, 3.63) is 53.0 Å². The zero-order chi connectivity index (χ0) is 16.5. The lowest BCUT2D eigenvalue weighted by atomic mass is 10.3. The summed E-state index contributed by atoms with van der Waals surface area (Å²) >= 11 is 4.76. The number of esters is 1. The molecule has 5 heteroatoms. The number of halogens is 1. The molecule has 0 atom stereocenters. The van der Waals surface area contributed by atoms with Crippen molar-refractivity contribution in [2.24, 2.45) is 0 Å². The van der Waals surface area contributed by atoms with E-state index in [4.69, 9.17) is 9.47 Å². The van der Waals surface area contributed by atoms with Crippen molar-refractivity contribution in [1.29, 1.82) is 0 Å². The molecule has 3 nitrogen and oxygen atoms in total. The minimum Gasteiger partial charge on any atom is -0.481 e. The fourth-order valence-corrected chi connectivity index (χ4v) is 2.71. The summed E-state index contributed by atoms with van der Waals surface area (Å²) in [6, 6.07) is 14.7. The molecule has 0 aliphatic carbocycles. The Bertz CT molecular complexity index is 717. The normalized spacial score (nSPS) is 9.65. The van der Waals surface area contributed by atoms with Crippen molar-refractivity contribution < 1.29 is 14.3 Å². The molecule has 23 heavy (non-hydrogen) atoms. The van der Waals surface area contributed by atoms with E-state index >= 15 is 0 Å². The number of thioether (sulfide) groups is 1. The van der Waals surface area contributed by atoms with Crippen molar-refractivity contribution in [2.75, 3.05) is 12.4 Å². The minimum absolute atomic E-state index is 0.244. The zero-order valence-electron chi connectivity index (χ0n) is 12.5. The molecule has 0 aliphatic rings. The summed E-state index contributed by atoms with van der Waals surface area (Å²) in [5.74, 6) is 6.86. The lowest BCUT2D eigenvalue weighted by Crippen LogP contribution is -2.10. The summed E-state index contributed by atoms with van der Waals surface area (Å²) in [6.45, 7) is 2.15. The highest BCUT2D eigenvalue weighted by Gasteiger charge is 2.06. The van der Waals surface area contributed by atoms with Gasteiger partial charge in [0.2, 0.25) is 0 Å². The van der Waals surface area contributed by atoms with Crippen LogP contribution in [0.15, 0.2) is 57.9 Å². The van der Waals surface area contributed by atoms with Crippen LogP contribution >= 0.6 is 27.7 Å². The Morgan fingerprint density at radius 3 is 2.65 bits per heavy atom. The highest BCUT2D eigenvalue weighted by Crippen LogP contribution is 2.23. The second kappa shape index (κ2) is 9.29. The molecule has 0 bridgehead atoms. The number of hydrogen-bond donors (Lipinski definition) is 0. The van der Waals surface area contributed by atoms with Crippen molar-refractivity contribution in [1.82, 2.24) is 0 Å². The fourth-order valence-electron chi connectivity index (χ4n) is 1.66. The molecule has 0 heterocycles. The summed E-state index contributed by atoms with van der Waals surface area (Å²) in [6.07, 6.45) is 0. The molecule has 2 rings (SSSR count). The number of carbonyl (C=O) groups excluding carboxylic acids is 1. The quantitative estimate of drug-likeness (QED) is 0.313. The van der Waals surface area contributed by atoms with Crippen LogP contribution in [0.1, 0.15) is 6.92 Å². The molecule has 0 fully saturated rings. The monoisotopic (exact) mass is 390 g/mol. The average Bonchev–Trinajstić information content (AvgIpc) is 2.54. The Kier molecular flexibility index (Phi) is 7.05. The van der Waals surface area contributed by atoms with Crippen molar-refractivity contribution in [2.45, 2.75) is 11.8 Å². The molecule has 0 saturated heterocycles. The van der Waals surface area contributed by atoms with Crippen LogP contribution < -0.4 is 9.47 Å². The highest BCUT2D eigenvalue weighted by atomic mass is 79.9. The molecule has 0 amide bonds. The first-order chi connectivity index (χ1) is 11.2. The van der Waals surface area contributed by atoms with Crippen LogP contribution in [-0.4, -0.2) is 18.3 Å². The van der Waals surface area contributed by atoms with E-state index in [2.05, 4.69) is 27.8 Å². The largest absolute Gasteiger partial charge is 0.481 e. The van der Waals surface area contributed by atoms with Gasteiger partial charge in [0, 0.05) is 9.37 Å². The van der Waals surface area contributed by atoms with Gasteiger partial charge in [-0.1, -0.05) is 27.9 Å². The summed E-state index contributed by atoms with van der Waals surface area (Å²) in [4.78, 5) is 12.8. The Hall–Kier alpha value is -1.90. The molecule has 0 saturated carbocycles. The van der Waals surface area contributed by atoms with Crippen LogP contribution in [0.3, 0.4) is 0 Å². The van der Waals surface area contributed by atoms with Gasteiger partial charge in [-0.25, -0.2) is 0 Å². The third-order valence-corrected chi connectivity index (χ3v) is 4.17. The Morgan fingerprint density at radius 2 is 1.96 bits per heavy atom. The Labute approximate surface area is 148 Å². The van der Waals surface area contributed by atoms with E-state index in [0.717, 1.165) is 15.1 Å². The number of carbonyl (C=O) groups is 1. The van der Waals surface area contributed by atoms with Gasteiger partial charge in [-0.05, 0) is 49.4 Å². The number of rotatable bonds is 6. The van der Waals surface area contributed by atoms with Gasteiger partial charge in [0.25, 0.3) is 0 Å².